The highest BCUT2D eigenvalue weighted by molar-refractivity contribution is 6.32. The molecule has 2 aromatic rings. The molecule has 0 saturated carbocycles. The van der Waals surface area contributed by atoms with E-state index in [1.807, 2.05) is 38.1 Å². The smallest absolute Gasteiger partial charge is 0.179 e. The number of halogens is 1. The number of rotatable bonds is 8. The van der Waals surface area contributed by atoms with E-state index in [1.54, 1.807) is 12.4 Å². The average molecular weight is 391 g/mol. The molecule has 1 aromatic heterocycles. The standard InChI is InChI=1S/C21H27ClN2O3/c1-3-26-20-11-16(10-18(22)21(20)27-4-2)12-24-13-17(19(25)14-24)9-15-5-7-23-8-6-15/h5-8,10-11,17,19,25H,3-4,9,12-14H2,1-2H3/t17-,19-/m1/s1. The lowest BCUT2D eigenvalue weighted by atomic mass is 9.97. The highest BCUT2D eigenvalue weighted by Gasteiger charge is 2.31. The summed E-state index contributed by atoms with van der Waals surface area (Å²) < 4.78 is 11.3. The monoisotopic (exact) mass is 390 g/mol. The minimum Gasteiger partial charge on any atom is -0.490 e. The molecule has 1 aliphatic rings. The van der Waals surface area contributed by atoms with Crippen molar-refractivity contribution in [3.8, 4) is 11.5 Å². The minimum atomic E-state index is -0.331. The van der Waals surface area contributed by atoms with Gasteiger partial charge in [0, 0.05) is 37.9 Å². The summed E-state index contributed by atoms with van der Waals surface area (Å²) in [6.45, 7) is 7.18. The highest BCUT2D eigenvalue weighted by Crippen LogP contribution is 2.37. The lowest BCUT2D eigenvalue weighted by Crippen LogP contribution is -2.21. The molecule has 3 rings (SSSR count). The van der Waals surface area contributed by atoms with Gasteiger partial charge in [0.25, 0.3) is 0 Å². The van der Waals surface area contributed by atoms with Crippen LogP contribution >= 0.6 is 11.6 Å². The first-order chi connectivity index (χ1) is 13.1. The number of aromatic nitrogens is 1. The predicted octanol–water partition coefficient (Wildman–Crippen LogP) is 3.57. The van der Waals surface area contributed by atoms with Crippen LogP contribution in [0.3, 0.4) is 0 Å². The third kappa shape index (κ3) is 5.12. The van der Waals surface area contributed by atoms with Gasteiger partial charge < -0.3 is 14.6 Å². The Bertz CT molecular complexity index is 742. The topological polar surface area (TPSA) is 54.8 Å². The van der Waals surface area contributed by atoms with Gasteiger partial charge in [0.1, 0.15) is 0 Å². The molecule has 0 spiro atoms. The Kier molecular flexibility index (Phi) is 6.94. The van der Waals surface area contributed by atoms with Crippen LogP contribution in [-0.4, -0.2) is 47.4 Å². The molecule has 0 aliphatic carbocycles. The van der Waals surface area contributed by atoms with Gasteiger partial charge in [0.2, 0.25) is 0 Å². The van der Waals surface area contributed by atoms with Crippen LogP contribution in [0.1, 0.15) is 25.0 Å². The van der Waals surface area contributed by atoms with Crippen molar-refractivity contribution in [2.45, 2.75) is 32.9 Å². The van der Waals surface area contributed by atoms with Crippen molar-refractivity contribution < 1.29 is 14.6 Å². The van der Waals surface area contributed by atoms with Crippen molar-refractivity contribution in [1.29, 1.82) is 0 Å². The molecule has 5 nitrogen and oxygen atoms in total. The molecule has 1 N–H and O–H groups in total. The van der Waals surface area contributed by atoms with Gasteiger partial charge in [-0.1, -0.05) is 11.6 Å². The van der Waals surface area contributed by atoms with Crippen LogP contribution in [0.2, 0.25) is 5.02 Å². The van der Waals surface area contributed by atoms with Gasteiger partial charge in [0.05, 0.1) is 24.3 Å². The summed E-state index contributed by atoms with van der Waals surface area (Å²) in [7, 11) is 0. The van der Waals surface area contributed by atoms with E-state index in [1.165, 1.54) is 5.56 Å². The second kappa shape index (κ2) is 9.40. The maximum Gasteiger partial charge on any atom is 0.179 e. The summed E-state index contributed by atoms with van der Waals surface area (Å²) in [5, 5.41) is 11.0. The molecule has 0 unspecified atom stereocenters. The van der Waals surface area contributed by atoms with Gasteiger partial charge in [-0.25, -0.2) is 0 Å². The van der Waals surface area contributed by atoms with Crippen molar-refractivity contribution in [1.82, 2.24) is 9.88 Å². The van der Waals surface area contributed by atoms with Crippen LogP contribution in [-0.2, 0) is 13.0 Å². The Morgan fingerprint density at radius 2 is 1.85 bits per heavy atom. The third-order valence-electron chi connectivity index (χ3n) is 4.79. The Hall–Kier alpha value is -1.82. The van der Waals surface area contributed by atoms with Gasteiger partial charge in [-0.3, -0.25) is 9.88 Å². The Labute approximate surface area is 165 Å². The van der Waals surface area contributed by atoms with E-state index < -0.39 is 0 Å². The molecule has 6 heteroatoms. The summed E-state index contributed by atoms with van der Waals surface area (Å²) in [6, 6.07) is 7.94. The molecule has 2 atom stereocenters. The van der Waals surface area contributed by atoms with Gasteiger partial charge in [-0.2, -0.15) is 0 Å². The van der Waals surface area contributed by atoms with Gasteiger partial charge in [0.15, 0.2) is 11.5 Å². The fraction of sp³-hybridized carbons (Fsp3) is 0.476. The summed E-state index contributed by atoms with van der Waals surface area (Å²) in [6.07, 6.45) is 4.12. The molecule has 0 radical (unpaired) electrons. The lowest BCUT2D eigenvalue weighted by Gasteiger charge is -2.18. The predicted molar refractivity (Wildman–Crippen MR) is 107 cm³/mol. The SMILES string of the molecule is CCOc1cc(CN2C[C@@H](Cc3ccncc3)[C@H](O)C2)cc(Cl)c1OCC. The van der Waals surface area contributed by atoms with E-state index in [0.29, 0.717) is 36.3 Å². The number of hydrogen-bond donors (Lipinski definition) is 1. The molecule has 27 heavy (non-hydrogen) atoms. The molecule has 0 bridgehead atoms. The third-order valence-corrected chi connectivity index (χ3v) is 5.07. The van der Waals surface area contributed by atoms with E-state index >= 15 is 0 Å². The van der Waals surface area contributed by atoms with E-state index in [2.05, 4.69) is 9.88 Å². The zero-order chi connectivity index (χ0) is 19.2. The van der Waals surface area contributed by atoms with Crippen molar-refractivity contribution in [2.24, 2.45) is 5.92 Å². The number of ether oxygens (including phenoxy) is 2. The summed E-state index contributed by atoms with van der Waals surface area (Å²) in [5.74, 6) is 1.49. The molecule has 146 valence electrons. The van der Waals surface area contributed by atoms with Crippen LogP contribution in [0.4, 0.5) is 0 Å². The zero-order valence-corrected chi connectivity index (χ0v) is 16.7. The van der Waals surface area contributed by atoms with E-state index in [-0.39, 0.29) is 12.0 Å². The first-order valence-electron chi connectivity index (χ1n) is 9.48. The maximum absolute atomic E-state index is 10.5. The van der Waals surface area contributed by atoms with Crippen molar-refractivity contribution in [2.75, 3.05) is 26.3 Å². The number of aliphatic hydroxyl groups is 1. The number of β-amino-alcohol motifs (C(OH)–C–C–N with tert-alkyl or cyclic N) is 1. The molecule has 1 saturated heterocycles. The van der Waals surface area contributed by atoms with E-state index in [0.717, 1.165) is 25.1 Å². The second-order valence-electron chi connectivity index (χ2n) is 6.85. The summed E-state index contributed by atoms with van der Waals surface area (Å²) in [5.41, 5.74) is 2.27. The van der Waals surface area contributed by atoms with E-state index in [9.17, 15) is 5.11 Å². The van der Waals surface area contributed by atoms with Gasteiger partial charge in [-0.15, -0.1) is 0 Å². The number of pyridine rings is 1. The van der Waals surface area contributed by atoms with Crippen LogP contribution in [0, 0.1) is 5.92 Å². The summed E-state index contributed by atoms with van der Waals surface area (Å²) in [4.78, 5) is 6.32. The van der Waals surface area contributed by atoms with Crippen LogP contribution in [0.5, 0.6) is 11.5 Å². The Balaban J connectivity index is 1.68. The normalized spacial score (nSPS) is 20.0. The maximum atomic E-state index is 10.5. The molecule has 1 fully saturated rings. The van der Waals surface area contributed by atoms with Gasteiger partial charge >= 0.3 is 0 Å². The molecule has 0 amide bonds. The Morgan fingerprint density at radius 3 is 2.56 bits per heavy atom. The van der Waals surface area contributed by atoms with E-state index in [4.69, 9.17) is 21.1 Å². The molecular weight excluding hydrogens is 364 g/mol. The number of aliphatic hydroxyl groups excluding tert-OH is 1. The van der Waals surface area contributed by atoms with Gasteiger partial charge in [-0.05, 0) is 55.7 Å². The largest absolute Gasteiger partial charge is 0.490 e. The number of benzene rings is 1. The molecule has 2 heterocycles. The average Bonchev–Trinajstić information content (AvgIpc) is 2.98. The van der Waals surface area contributed by atoms with Crippen molar-refractivity contribution in [3.63, 3.8) is 0 Å². The molecule has 1 aromatic carbocycles. The number of nitrogens with zero attached hydrogens (tertiary/aromatic N) is 2. The fourth-order valence-electron chi connectivity index (χ4n) is 3.61. The Morgan fingerprint density at radius 1 is 1.11 bits per heavy atom. The van der Waals surface area contributed by atoms with Crippen molar-refractivity contribution in [3.05, 3.63) is 52.8 Å². The zero-order valence-electron chi connectivity index (χ0n) is 15.9. The second-order valence-corrected chi connectivity index (χ2v) is 7.26. The molecule has 1 aliphatic heterocycles. The fourth-order valence-corrected chi connectivity index (χ4v) is 3.90. The van der Waals surface area contributed by atoms with Crippen LogP contribution in [0.15, 0.2) is 36.7 Å². The summed E-state index contributed by atoms with van der Waals surface area (Å²) >= 11 is 6.42. The molecular formula is C21H27ClN2O3. The number of hydrogen-bond acceptors (Lipinski definition) is 5. The first kappa shape index (κ1) is 19.9. The first-order valence-corrected chi connectivity index (χ1v) is 9.85. The minimum absolute atomic E-state index is 0.219. The van der Waals surface area contributed by atoms with Crippen molar-refractivity contribution >= 4 is 11.6 Å². The highest BCUT2D eigenvalue weighted by atomic mass is 35.5. The lowest BCUT2D eigenvalue weighted by molar-refractivity contribution is 0.141. The van der Waals surface area contributed by atoms with Crippen LogP contribution < -0.4 is 9.47 Å². The number of likely N-dealkylation sites (tertiary alicyclic amines) is 1. The quantitative estimate of drug-likeness (QED) is 0.746. The van der Waals surface area contributed by atoms with Crippen LogP contribution in [0.25, 0.3) is 0 Å².